The molecule has 0 saturated heterocycles. The number of nitrogens with one attached hydrogen (secondary N) is 1. The molecule has 2 aromatic rings. The highest BCUT2D eigenvalue weighted by Crippen LogP contribution is 2.31. The van der Waals surface area contributed by atoms with Crippen LogP contribution in [0, 0.1) is 10.1 Å². The lowest BCUT2D eigenvalue weighted by molar-refractivity contribution is -0.386. The smallest absolute Gasteiger partial charge is 0.312 e. The van der Waals surface area contributed by atoms with E-state index in [2.05, 4.69) is 16.7 Å². The van der Waals surface area contributed by atoms with Gasteiger partial charge in [0.15, 0.2) is 5.75 Å². The Balaban J connectivity index is 1.83. The molecule has 1 fully saturated rings. The van der Waals surface area contributed by atoms with Gasteiger partial charge in [-0.1, -0.05) is 37.5 Å². The van der Waals surface area contributed by atoms with Crippen molar-refractivity contribution in [1.29, 1.82) is 0 Å². The van der Waals surface area contributed by atoms with E-state index in [-0.39, 0.29) is 10.6 Å². The van der Waals surface area contributed by atoms with Crippen molar-refractivity contribution >= 4 is 21.4 Å². The number of ether oxygens (including phenoxy) is 1. The summed E-state index contributed by atoms with van der Waals surface area (Å²) >= 11 is 0. The quantitative estimate of drug-likeness (QED) is 0.495. The van der Waals surface area contributed by atoms with Crippen molar-refractivity contribution in [1.82, 2.24) is 4.90 Å². The van der Waals surface area contributed by atoms with E-state index >= 15 is 0 Å². The number of nitro groups is 1. The van der Waals surface area contributed by atoms with E-state index in [1.807, 2.05) is 12.1 Å². The molecule has 0 atom stereocenters. The number of rotatable bonds is 8. The van der Waals surface area contributed by atoms with Gasteiger partial charge in [0, 0.05) is 18.7 Å². The number of hydrogen-bond donors (Lipinski definition) is 1. The first kappa shape index (κ1) is 22.0. The minimum absolute atomic E-state index is 0.00783. The average Bonchev–Trinajstić information content (AvgIpc) is 2.75. The molecule has 2 aromatic carbocycles. The first-order valence-corrected chi connectivity index (χ1v) is 11.4. The molecule has 0 heterocycles. The van der Waals surface area contributed by atoms with Crippen LogP contribution in [-0.2, 0) is 16.6 Å². The van der Waals surface area contributed by atoms with Crippen molar-refractivity contribution in [2.75, 3.05) is 18.9 Å². The largest absolute Gasteiger partial charge is 0.490 e. The molecule has 0 unspecified atom stereocenters. The Morgan fingerprint density at radius 3 is 2.53 bits per heavy atom. The summed E-state index contributed by atoms with van der Waals surface area (Å²) in [6.45, 7) is 0.617. The van der Waals surface area contributed by atoms with Crippen LogP contribution in [0.2, 0.25) is 0 Å². The second kappa shape index (κ2) is 9.44. The zero-order chi connectivity index (χ0) is 21.7. The van der Waals surface area contributed by atoms with Crippen LogP contribution in [0.25, 0.3) is 0 Å². The van der Waals surface area contributed by atoms with E-state index in [0.717, 1.165) is 24.5 Å². The van der Waals surface area contributed by atoms with Crippen LogP contribution in [0.5, 0.6) is 5.75 Å². The highest BCUT2D eigenvalue weighted by molar-refractivity contribution is 7.92. The van der Waals surface area contributed by atoms with Gasteiger partial charge in [-0.05, 0) is 43.7 Å². The number of nitrogens with zero attached hydrogens (tertiary/aromatic N) is 2. The maximum absolute atomic E-state index is 12.9. The van der Waals surface area contributed by atoms with E-state index in [9.17, 15) is 18.5 Å². The van der Waals surface area contributed by atoms with Gasteiger partial charge in [-0.25, -0.2) is 8.42 Å². The van der Waals surface area contributed by atoms with Gasteiger partial charge in [0.25, 0.3) is 10.0 Å². The van der Waals surface area contributed by atoms with Crippen molar-refractivity contribution in [3.63, 3.8) is 0 Å². The Morgan fingerprint density at radius 1 is 1.17 bits per heavy atom. The summed E-state index contributed by atoms with van der Waals surface area (Å²) in [7, 11) is -0.643. The number of methoxy groups -OCH3 is 1. The lowest BCUT2D eigenvalue weighted by Gasteiger charge is -2.31. The summed E-state index contributed by atoms with van der Waals surface area (Å²) in [5.41, 5.74) is 0.932. The molecule has 0 aromatic heterocycles. The van der Waals surface area contributed by atoms with Gasteiger partial charge in [-0.15, -0.1) is 0 Å². The molecule has 1 N–H and O–H groups in total. The number of para-hydroxylation sites is 1. The monoisotopic (exact) mass is 433 g/mol. The van der Waals surface area contributed by atoms with Crippen molar-refractivity contribution in [2.45, 2.75) is 49.6 Å². The van der Waals surface area contributed by atoms with Crippen molar-refractivity contribution in [2.24, 2.45) is 0 Å². The Labute approximate surface area is 177 Å². The highest BCUT2D eigenvalue weighted by Gasteiger charge is 2.24. The Kier molecular flexibility index (Phi) is 6.94. The van der Waals surface area contributed by atoms with Gasteiger partial charge in [-0.3, -0.25) is 19.7 Å². The van der Waals surface area contributed by atoms with E-state index in [4.69, 9.17) is 4.74 Å². The predicted molar refractivity (Wildman–Crippen MR) is 115 cm³/mol. The third-order valence-electron chi connectivity index (χ3n) is 5.54. The van der Waals surface area contributed by atoms with Crippen LogP contribution in [-0.4, -0.2) is 38.4 Å². The fourth-order valence-corrected chi connectivity index (χ4v) is 4.98. The predicted octanol–water partition coefficient (Wildman–Crippen LogP) is 4.17. The number of sulfonamides is 1. The molecule has 1 aliphatic carbocycles. The topological polar surface area (TPSA) is 102 Å². The maximum atomic E-state index is 12.9. The van der Waals surface area contributed by atoms with E-state index in [1.165, 1.54) is 38.5 Å². The maximum Gasteiger partial charge on any atom is 0.312 e. The molecule has 162 valence electrons. The molecule has 9 heteroatoms. The zero-order valence-corrected chi connectivity index (χ0v) is 18.0. The van der Waals surface area contributed by atoms with Crippen LogP contribution < -0.4 is 9.46 Å². The standard InChI is InChI=1S/C21H27N3O5S/c1-23(17-9-4-3-5-10-17)15-16-8-6-7-11-19(16)22-30(27,28)18-12-13-21(29-2)20(14-18)24(25)26/h6-8,11-14,17,22H,3-5,9-10,15H2,1-2H3. The minimum Gasteiger partial charge on any atom is -0.490 e. The molecule has 8 nitrogen and oxygen atoms in total. The first-order chi connectivity index (χ1) is 14.3. The fraction of sp³-hybridized carbons (Fsp3) is 0.429. The molecule has 0 radical (unpaired) electrons. The fourth-order valence-electron chi connectivity index (χ4n) is 3.86. The van der Waals surface area contributed by atoms with Gasteiger partial charge >= 0.3 is 5.69 Å². The molecule has 30 heavy (non-hydrogen) atoms. The first-order valence-electron chi connectivity index (χ1n) is 9.95. The van der Waals surface area contributed by atoms with E-state index in [1.54, 1.807) is 12.1 Å². The van der Waals surface area contributed by atoms with Gasteiger partial charge in [0.2, 0.25) is 0 Å². The Bertz CT molecular complexity index is 1000. The van der Waals surface area contributed by atoms with Gasteiger partial charge in [0.1, 0.15) is 0 Å². The zero-order valence-electron chi connectivity index (χ0n) is 17.2. The normalized spacial score (nSPS) is 15.2. The summed E-state index contributed by atoms with van der Waals surface area (Å²) in [6, 6.07) is 11.3. The second-order valence-electron chi connectivity index (χ2n) is 7.56. The molecule has 0 amide bonds. The Morgan fingerprint density at radius 2 is 1.87 bits per heavy atom. The van der Waals surface area contributed by atoms with Crippen LogP contribution in [0.4, 0.5) is 11.4 Å². The third kappa shape index (κ3) is 5.09. The van der Waals surface area contributed by atoms with Crippen LogP contribution in [0.3, 0.4) is 0 Å². The Hall–Kier alpha value is -2.65. The third-order valence-corrected chi connectivity index (χ3v) is 6.90. The number of benzene rings is 2. The van der Waals surface area contributed by atoms with Crippen LogP contribution in [0.15, 0.2) is 47.4 Å². The molecule has 3 rings (SSSR count). The molecule has 0 bridgehead atoms. The molecular weight excluding hydrogens is 406 g/mol. The second-order valence-corrected chi connectivity index (χ2v) is 9.24. The van der Waals surface area contributed by atoms with Crippen LogP contribution >= 0.6 is 0 Å². The summed E-state index contributed by atoms with van der Waals surface area (Å²) in [4.78, 5) is 12.7. The highest BCUT2D eigenvalue weighted by atomic mass is 32.2. The summed E-state index contributed by atoms with van der Waals surface area (Å²) in [5.74, 6) is 0.00783. The number of hydrogen-bond acceptors (Lipinski definition) is 6. The SMILES string of the molecule is COc1ccc(S(=O)(=O)Nc2ccccc2CN(C)C2CCCCC2)cc1[N+](=O)[O-]. The molecule has 0 spiro atoms. The number of nitro benzene ring substituents is 1. The lowest BCUT2D eigenvalue weighted by Crippen LogP contribution is -2.33. The van der Waals surface area contributed by atoms with Gasteiger partial charge in [-0.2, -0.15) is 0 Å². The molecule has 1 aliphatic rings. The van der Waals surface area contributed by atoms with Gasteiger partial charge < -0.3 is 4.74 Å². The summed E-state index contributed by atoms with van der Waals surface area (Å²) in [5, 5.41) is 11.2. The van der Waals surface area contributed by atoms with E-state index in [0.29, 0.717) is 18.3 Å². The lowest BCUT2D eigenvalue weighted by atomic mass is 9.94. The van der Waals surface area contributed by atoms with Crippen molar-refractivity contribution in [3.8, 4) is 5.75 Å². The van der Waals surface area contributed by atoms with Gasteiger partial charge in [0.05, 0.1) is 22.6 Å². The van der Waals surface area contributed by atoms with E-state index < -0.39 is 20.6 Å². The molecular formula is C21H27N3O5S. The summed E-state index contributed by atoms with van der Waals surface area (Å²) < 4.78 is 33.4. The average molecular weight is 434 g/mol. The van der Waals surface area contributed by atoms with Crippen molar-refractivity contribution in [3.05, 3.63) is 58.1 Å². The van der Waals surface area contributed by atoms with Crippen molar-refractivity contribution < 1.29 is 18.1 Å². The summed E-state index contributed by atoms with van der Waals surface area (Å²) in [6.07, 6.45) is 6.02. The molecule has 1 saturated carbocycles. The molecule has 0 aliphatic heterocycles. The number of anilines is 1. The van der Waals surface area contributed by atoms with Crippen LogP contribution in [0.1, 0.15) is 37.7 Å². The minimum atomic E-state index is -4.01.